The number of benzene rings is 1. The fourth-order valence-electron chi connectivity index (χ4n) is 1.62. The van der Waals surface area contributed by atoms with E-state index in [0.717, 1.165) is 29.3 Å². The normalized spacial score (nSPS) is 10.4. The van der Waals surface area contributed by atoms with Crippen molar-refractivity contribution >= 4 is 29.0 Å². The number of nitrogens with one attached hydrogen (secondary N) is 1. The van der Waals surface area contributed by atoms with Crippen LogP contribution in [-0.2, 0) is 6.42 Å². The van der Waals surface area contributed by atoms with E-state index >= 15 is 0 Å². The highest BCUT2D eigenvalue weighted by Crippen LogP contribution is 2.33. The number of anilines is 1. The standard InChI is InChI=1S/C13H13Cl2N3/c1-3-11-17-10(7-12(16-2)18-11)8-5-4-6-9(14)13(8)15/h4-7H,3H2,1-2H3,(H,16,17,18). The Morgan fingerprint density at radius 1 is 1.22 bits per heavy atom. The summed E-state index contributed by atoms with van der Waals surface area (Å²) in [6.45, 7) is 2.01. The Labute approximate surface area is 116 Å². The molecule has 0 radical (unpaired) electrons. The number of halogens is 2. The van der Waals surface area contributed by atoms with Crippen molar-refractivity contribution in [3.05, 3.63) is 40.1 Å². The van der Waals surface area contributed by atoms with Gasteiger partial charge in [-0.2, -0.15) is 0 Å². The number of hydrogen-bond donors (Lipinski definition) is 1. The fraction of sp³-hybridized carbons (Fsp3) is 0.231. The van der Waals surface area contributed by atoms with Crippen LogP contribution in [0.25, 0.3) is 11.3 Å². The largest absolute Gasteiger partial charge is 0.373 e. The molecule has 94 valence electrons. The maximum atomic E-state index is 6.21. The van der Waals surface area contributed by atoms with Crippen LogP contribution in [0.5, 0.6) is 0 Å². The third-order valence-electron chi connectivity index (χ3n) is 2.57. The van der Waals surface area contributed by atoms with Crippen LogP contribution in [0, 0.1) is 0 Å². The predicted octanol–water partition coefficient (Wildman–Crippen LogP) is 4.05. The van der Waals surface area contributed by atoms with Crippen molar-refractivity contribution in [3.8, 4) is 11.3 Å². The van der Waals surface area contributed by atoms with Gasteiger partial charge in [0, 0.05) is 25.1 Å². The molecule has 5 heteroatoms. The lowest BCUT2D eigenvalue weighted by Gasteiger charge is -2.09. The Hall–Kier alpha value is -1.32. The zero-order valence-corrected chi connectivity index (χ0v) is 11.7. The molecule has 0 fully saturated rings. The van der Waals surface area contributed by atoms with Crippen LogP contribution in [0.3, 0.4) is 0 Å². The first-order valence-corrected chi connectivity index (χ1v) is 6.41. The van der Waals surface area contributed by atoms with E-state index in [1.165, 1.54) is 0 Å². The van der Waals surface area contributed by atoms with E-state index in [0.29, 0.717) is 10.0 Å². The molecule has 0 unspecified atom stereocenters. The average molecular weight is 282 g/mol. The molecule has 0 atom stereocenters. The summed E-state index contributed by atoms with van der Waals surface area (Å²) in [4.78, 5) is 8.83. The zero-order chi connectivity index (χ0) is 13.1. The minimum absolute atomic E-state index is 0.516. The summed E-state index contributed by atoms with van der Waals surface area (Å²) < 4.78 is 0. The summed E-state index contributed by atoms with van der Waals surface area (Å²) in [5, 5.41) is 4.06. The quantitative estimate of drug-likeness (QED) is 0.922. The molecule has 0 aliphatic rings. The second kappa shape index (κ2) is 5.55. The fourth-order valence-corrected chi connectivity index (χ4v) is 2.02. The maximum absolute atomic E-state index is 6.21. The van der Waals surface area contributed by atoms with Crippen LogP contribution in [0.4, 0.5) is 5.82 Å². The Morgan fingerprint density at radius 3 is 2.67 bits per heavy atom. The smallest absolute Gasteiger partial charge is 0.131 e. The number of hydrogen-bond acceptors (Lipinski definition) is 3. The molecule has 18 heavy (non-hydrogen) atoms. The van der Waals surface area contributed by atoms with Crippen LogP contribution in [0.15, 0.2) is 24.3 Å². The highest BCUT2D eigenvalue weighted by molar-refractivity contribution is 6.43. The highest BCUT2D eigenvalue weighted by Gasteiger charge is 2.10. The number of aromatic nitrogens is 2. The Morgan fingerprint density at radius 2 is 2.00 bits per heavy atom. The summed E-state index contributed by atoms with van der Waals surface area (Å²) in [6, 6.07) is 7.37. The van der Waals surface area contributed by atoms with Crippen LogP contribution < -0.4 is 5.32 Å². The lowest BCUT2D eigenvalue weighted by atomic mass is 10.1. The van der Waals surface area contributed by atoms with Gasteiger partial charge in [-0.25, -0.2) is 9.97 Å². The van der Waals surface area contributed by atoms with Crippen molar-refractivity contribution in [2.45, 2.75) is 13.3 Å². The molecule has 2 rings (SSSR count). The van der Waals surface area contributed by atoms with E-state index in [-0.39, 0.29) is 0 Å². The molecule has 0 amide bonds. The third kappa shape index (κ3) is 2.57. The molecule has 0 spiro atoms. The van der Waals surface area contributed by atoms with Gasteiger partial charge in [-0.3, -0.25) is 0 Å². The molecule has 0 saturated carbocycles. The minimum Gasteiger partial charge on any atom is -0.373 e. The maximum Gasteiger partial charge on any atom is 0.131 e. The zero-order valence-electron chi connectivity index (χ0n) is 10.2. The van der Waals surface area contributed by atoms with Gasteiger partial charge < -0.3 is 5.32 Å². The van der Waals surface area contributed by atoms with Crippen molar-refractivity contribution in [1.82, 2.24) is 9.97 Å². The van der Waals surface area contributed by atoms with Gasteiger partial charge >= 0.3 is 0 Å². The van der Waals surface area contributed by atoms with Crippen molar-refractivity contribution in [2.75, 3.05) is 12.4 Å². The molecule has 1 N–H and O–H groups in total. The van der Waals surface area contributed by atoms with Gasteiger partial charge in [0.25, 0.3) is 0 Å². The Bertz CT molecular complexity index is 548. The van der Waals surface area contributed by atoms with Gasteiger partial charge in [0.05, 0.1) is 15.7 Å². The summed E-state index contributed by atoms with van der Waals surface area (Å²) >= 11 is 12.2. The first kappa shape index (κ1) is 13.1. The monoisotopic (exact) mass is 281 g/mol. The summed E-state index contributed by atoms with van der Waals surface area (Å²) in [5.41, 5.74) is 1.59. The lowest BCUT2D eigenvalue weighted by molar-refractivity contribution is 0.945. The molecule has 3 nitrogen and oxygen atoms in total. The van der Waals surface area contributed by atoms with Crippen molar-refractivity contribution in [2.24, 2.45) is 0 Å². The van der Waals surface area contributed by atoms with Gasteiger partial charge in [0.15, 0.2) is 0 Å². The number of rotatable bonds is 3. The van der Waals surface area contributed by atoms with E-state index in [1.54, 1.807) is 6.07 Å². The van der Waals surface area contributed by atoms with Gasteiger partial charge in [-0.1, -0.05) is 42.3 Å². The topological polar surface area (TPSA) is 37.8 Å². The summed E-state index contributed by atoms with van der Waals surface area (Å²) in [7, 11) is 1.82. The lowest BCUT2D eigenvalue weighted by Crippen LogP contribution is -2.01. The van der Waals surface area contributed by atoms with E-state index in [9.17, 15) is 0 Å². The van der Waals surface area contributed by atoms with E-state index in [1.807, 2.05) is 32.2 Å². The molecule has 1 aromatic heterocycles. The number of aryl methyl sites for hydroxylation is 1. The van der Waals surface area contributed by atoms with Crippen molar-refractivity contribution in [3.63, 3.8) is 0 Å². The molecule has 1 heterocycles. The highest BCUT2D eigenvalue weighted by atomic mass is 35.5. The van der Waals surface area contributed by atoms with Crippen LogP contribution in [0.1, 0.15) is 12.7 Å². The Balaban J connectivity index is 2.59. The minimum atomic E-state index is 0.516. The van der Waals surface area contributed by atoms with Crippen LogP contribution >= 0.6 is 23.2 Å². The average Bonchev–Trinajstić information content (AvgIpc) is 2.41. The summed E-state index contributed by atoms with van der Waals surface area (Å²) in [6.07, 6.45) is 0.765. The van der Waals surface area contributed by atoms with Gasteiger partial charge in [-0.05, 0) is 6.07 Å². The molecular formula is C13H13Cl2N3. The van der Waals surface area contributed by atoms with Gasteiger partial charge in [-0.15, -0.1) is 0 Å². The number of nitrogens with zero attached hydrogens (tertiary/aromatic N) is 2. The second-order valence-corrected chi connectivity index (χ2v) is 4.54. The molecule has 1 aromatic carbocycles. The molecule has 0 saturated heterocycles. The SMILES string of the molecule is CCc1nc(NC)cc(-c2cccc(Cl)c2Cl)n1. The van der Waals surface area contributed by atoms with E-state index < -0.39 is 0 Å². The third-order valence-corrected chi connectivity index (χ3v) is 3.39. The molecule has 2 aromatic rings. The van der Waals surface area contributed by atoms with Crippen molar-refractivity contribution in [1.29, 1.82) is 0 Å². The first-order valence-electron chi connectivity index (χ1n) is 5.65. The van der Waals surface area contributed by atoms with Gasteiger partial charge in [0.2, 0.25) is 0 Å². The molecule has 0 aliphatic heterocycles. The summed E-state index contributed by atoms with van der Waals surface area (Å²) in [5.74, 6) is 1.54. The van der Waals surface area contributed by atoms with Crippen LogP contribution in [0.2, 0.25) is 10.0 Å². The van der Waals surface area contributed by atoms with E-state index in [4.69, 9.17) is 23.2 Å². The van der Waals surface area contributed by atoms with Crippen LogP contribution in [-0.4, -0.2) is 17.0 Å². The molecular weight excluding hydrogens is 269 g/mol. The van der Waals surface area contributed by atoms with E-state index in [2.05, 4.69) is 15.3 Å². The second-order valence-electron chi connectivity index (χ2n) is 3.76. The molecule has 0 bridgehead atoms. The molecule has 0 aliphatic carbocycles. The van der Waals surface area contributed by atoms with Gasteiger partial charge in [0.1, 0.15) is 11.6 Å². The first-order chi connectivity index (χ1) is 8.65. The Kier molecular flexibility index (Phi) is 4.04. The van der Waals surface area contributed by atoms with Crippen molar-refractivity contribution < 1.29 is 0 Å². The predicted molar refractivity (Wildman–Crippen MR) is 76.4 cm³/mol.